The number of thiophene rings is 2. The zero-order valence-corrected chi connectivity index (χ0v) is 14.0. The Morgan fingerprint density at radius 2 is 1.95 bits per heavy atom. The van der Waals surface area contributed by atoms with Crippen molar-refractivity contribution in [2.45, 2.75) is 44.7 Å². The molecule has 0 spiro atoms. The highest BCUT2D eigenvalue weighted by molar-refractivity contribution is 7.16. The number of hydrogen-bond acceptors (Lipinski definition) is 3. The van der Waals surface area contributed by atoms with Gasteiger partial charge in [0.2, 0.25) is 0 Å². The molecular formula is C16H20ClNS2. The molecule has 1 aliphatic carbocycles. The molecule has 0 amide bonds. The van der Waals surface area contributed by atoms with Gasteiger partial charge in [-0.2, -0.15) is 0 Å². The predicted molar refractivity (Wildman–Crippen MR) is 90.0 cm³/mol. The molecule has 20 heavy (non-hydrogen) atoms. The molecule has 4 heteroatoms. The van der Waals surface area contributed by atoms with Gasteiger partial charge in [-0.3, -0.25) is 0 Å². The molecule has 1 saturated carbocycles. The quantitative estimate of drug-likeness (QED) is 0.758. The van der Waals surface area contributed by atoms with E-state index in [1.54, 1.807) is 11.3 Å². The molecule has 0 saturated heterocycles. The Balaban J connectivity index is 1.76. The van der Waals surface area contributed by atoms with Crippen molar-refractivity contribution in [1.82, 2.24) is 5.32 Å². The lowest BCUT2D eigenvalue weighted by atomic mass is 9.87. The van der Waals surface area contributed by atoms with Crippen molar-refractivity contribution in [3.05, 3.63) is 43.7 Å². The second-order valence-electron chi connectivity index (χ2n) is 5.71. The number of halogens is 1. The van der Waals surface area contributed by atoms with E-state index in [0.29, 0.717) is 12.1 Å². The molecule has 0 aromatic carbocycles. The van der Waals surface area contributed by atoms with Gasteiger partial charge in [0.05, 0.1) is 10.4 Å². The van der Waals surface area contributed by atoms with E-state index in [4.69, 9.17) is 11.6 Å². The number of rotatable bonds is 4. The summed E-state index contributed by atoms with van der Waals surface area (Å²) in [6.07, 6.45) is 5.28. The van der Waals surface area contributed by atoms with Crippen LogP contribution in [0.15, 0.2) is 29.6 Å². The SMILES string of the molecule is CC1CCC(NC(c2cccs2)c2ccc(Cl)s2)CC1. The summed E-state index contributed by atoms with van der Waals surface area (Å²) in [4.78, 5) is 2.72. The van der Waals surface area contributed by atoms with Gasteiger partial charge in [-0.1, -0.05) is 24.6 Å². The van der Waals surface area contributed by atoms with Crippen LogP contribution in [0.5, 0.6) is 0 Å². The third-order valence-corrected chi connectivity index (χ3v) is 6.36. The first-order valence-electron chi connectivity index (χ1n) is 7.27. The molecule has 2 aromatic heterocycles. The molecular weight excluding hydrogens is 306 g/mol. The molecule has 2 aromatic rings. The summed E-state index contributed by atoms with van der Waals surface area (Å²) in [7, 11) is 0. The van der Waals surface area contributed by atoms with Crippen LogP contribution in [0.1, 0.15) is 48.4 Å². The largest absolute Gasteiger partial charge is 0.302 e. The van der Waals surface area contributed by atoms with Crippen LogP contribution >= 0.6 is 34.3 Å². The van der Waals surface area contributed by atoms with E-state index in [1.807, 2.05) is 17.4 Å². The van der Waals surface area contributed by atoms with Gasteiger partial charge in [0.1, 0.15) is 0 Å². The first-order chi connectivity index (χ1) is 9.72. The smallest absolute Gasteiger partial charge is 0.0931 e. The Labute approximate surface area is 134 Å². The lowest BCUT2D eigenvalue weighted by Gasteiger charge is -2.30. The van der Waals surface area contributed by atoms with Gasteiger partial charge in [0, 0.05) is 15.8 Å². The second kappa shape index (κ2) is 6.61. The van der Waals surface area contributed by atoms with Gasteiger partial charge in [-0.25, -0.2) is 0 Å². The highest BCUT2D eigenvalue weighted by atomic mass is 35.5. The summed E-state index contributed by atoms with van der Waals surface area (Å²) in [5.74, 6) is 0.893. The van der Waals surface area contributed by atoms with Crippen molar-refractivity contribution in [3.8, 4) is 0 Å². The highest BCUT2D eigenvalue weighted by Crippen LogP contribution is 2.35. The molecule has 1 atom stereocenters. The van der Waals surface area contributed by atoms with E-state index in [-0.39, 0.29) is 0 Å². The average molecular weight is 326 g/mol. The Hall–Kier alpha value is -0.350. The fourth-order valence-electron chi connectivity index (χ4n) is 2.91. The van der Waals surface area contributed by atoms with Gasteiger partial charge in [0.25, 0.3) is 0 Å². The summed E-state index contributed by atoms with van der Waals surface area (Å²) in [6, 6.07) is 9.47. The Morgan fingerprint density at radius 3 is 2.55 bits per heavy atom. The summed E-state index contributed by atoms with van der Waals surface area (Å²) in [6.45, 7) is 2.37. The molecule has 0 aliphatic heterocycles. The van der Waals surface area contributed by atoms with Crippen molar-refractivity contribution in [3.63, 3.8) is 0 Å². The normalized spacial score (nSPS) is 24.7. The third-order valence-electron chi connectivity index (χ3n) is 4.12. The van der Waals surface area contributed by atoms with Crippen LogP contribution in [-0.4, -0.2) is 6.04 Å². The number of nitrogens with one attached hydrogen (secondary N) is 1. The summed E-state index contributed by atoms with van der Waals surface area (Å²) < 4.78 is 0.876. The lowest BCUT2D eigenvalue weighted by Crippen LogP contribution is -2.35. The van der Waals surface area contributed by atoms with Crippen molar-refractivity contribution < 1.29 is 0 Å². The molecule has 1 aliphatic rings. The highest BCUT2D eigenvalue weighted by Gasteiger charge is 2.24. The van der Waals surface area contributed by atoms with Crippen molar-refractivity contribution in [2.75, 3.05) is 0 Å². The van der Waals surface area contributed by atoms with Gasteiger partial charge in [0.15, 0.2) is 0 Å². The van der Waals surface area contributed by atoms with E-state index < -0.39 is 0 Å². The average Bonchev–Trinajstić information content (AvgIpc) is 3.09. The Morgan fingerprint density at radius 1 is 1.15 bits per heavy atom. The summed E-state index contributed by atoms with van der Waals surface area (Å²) >= 11 is 9.64. The zero-order chi connectivity index (χ0) is 13.9. The first-order valence-corrected chi connectivity index (χ1v) is 9.34. The molecule has 1 N–H and O–H groups in total. The van der Waals surface area contributed by atoms with E-state index >= 15 is 0 Å². The Kier molecular flexibility index (Phi) is 4.82. The minimum atomic E-state index is 0.311. The van der Waals surface area contributed by atoms with Crippen LogP contribution in [0.2, 0.25) is 4.34 Å². The van der Waals surface area contributed by atoms with Crippen LogP contribution < -0.4 is 5.32 Å². The van der Waals surface area contributed by atoms with E-state index in [1.165, 1.54) is 35.4 Å². The minimum Gasteiger partial charge on any atom is -0.302 e. The van der Waals surface area contributed by atoms with Crippen LogP contribution in [-0.2, 0) is 0 Å². The lowest BCUT2D eigenvalue weighted by molar-refractivity contribution is 0.298. The van der Waals surface area contributed by atoms with Crippen LogP contribution in [0.4, 0.5) is 0 Å². The topological polar surface area (TPSA) is 12.0 Å². The predicted octanol–water partition coefficient (Wildman–Crippen LogP) is 5.72. The molecule has 1 unspecified atom stereocenters. The van der Waals surface area contributed by atoms with E-state index in [9.17, 15) is 0 Å². The van der Waals surface area contributed by atoms with Crippen LogP contribution in [0.3, 0.4) is 0 Å². The molecule has 3 rings (SSSR count). The monoisotopic (exact) mass is 325 g/mol. The second-order valence-corrected chi connectivity index (χ2v) is 8.44. The zero-order valence-electron chi connectivity index (χ0n) is 11.6. The Bertz CT molecular complexity index is 526. The van der Waals surface area contributed by atoms with Crippen molar-refractivity contribution in [1.29, 1.82) is 0 Å². The van der Waals surface area contributed by atoms with Crippen molar-refractivity contribution in [2.24, 2.45) is 5.92 Å². The number of hydrogen-bond donors (Lipinski definition) is 1. The molecule has 2 heterocycles. The fraction of sp³-hybridized carbons (Fsp3) is 0.500. The van der Waals surface area contributed by atoms with Gasteiger partial charge in [-0.15, -0.1) is 22.7 Å². The molecule has 0 bridgehead atoms. The van der Waals surface area contributed by atoms with Crippen molar-refractivity contribution >= 4 is 34.3 Å². The maximum atomic E-state index is 6.12. The minimum absolute atomic E-state index is 0.311. The molecule has 1 fully saturated rings. The summed E-state index contributed by atoms with van der Waals surface area (Å²) in [5.41, 5.74) is 0. The maximum Gasteiger partial charge on any atom is 0.0931 e. The van der Waals surface area contributed by atoms with Gasteiger partial charge >= 0.3 is 0 Å². The first kappa shape index (κ1) is 14.6. The van der Waals surface area contributed by atoms with E-state index in [2.05, 4.69) is 35.8 Å². The van der Waals surface area contributed by atoms with Gasteiger partial charge < -0.3 is 5.32 Å². The molecule has 0 radical (unpaired) electrons. The third kappa shape index (κ3) is 3.45. The standard InChI is InChI=1S/C16H20ClNS2/c1-11-4-6-12(7-5-11)18-16(13-3-2-10-19-13)14-8-9-15(17)20-14/h2-3,8-12,16,18H,4-7H2,1H3. The van der Waals surface area contributed by atoms with E-state index in [0.717, 1.165) is 10.3 Å². The van der Waals surface area contributed by atoms with Gasteiger partial charge in [-0.05, 0) is 55.2 Å². The molecule has 108 valence electrons. The molecule has 1 nitrogen and oxygen atoms in total. The maximum absolute atomic E-state index is 6.12. The van der Waals surface area contributed by atoms with Crippen LogP contribution in [0.25, 0.3) is 0 Å². The summed E-state index contributed by atoms with van der Waals surface area (Å²) in [5, 5.41) is 6.03. The fourth-order valence-corrected chi connectivity index (χ4v) is 4.92. The van der Waals surface area contributed by atoms with Crippen LogP contribution in [0, 0.1) is 5.92 Å².